The summed E-state index contributed by atoms with van der Waals surface area (Å²) < 4.78 is 6.04. The summed E-state index contributed by atoms with van der Waals surface area (Å²) in [6.45, 7) is 2.81. The Labute approximate surface area is 141 Å². The number of carbonyl (C=O) groups excluding carboxylic acids is 2. The maximum Gasteiger partial charge on any atom is 0.234 e. The van der Waals surface area contributed by atoms with Crippen molar-refractivity contribution in [2.75, 3.05) is 25.5 Å². The molecule has 0 saturated carbocycles. The highest BCUT2D eigenvalue weighted by Crippen LogP contribution is 2.41. The van der Waals surface area contributed by atoms with Crippen LogP contribution in [0.15, 0.2) is 6.07 Å². The second-order valence-electron chi connectivity index (χ2n) is 5.86. The van der Waals surface area contributed by atoms with Gasteiger partial charge >= 0.3 is 0 Å². The zero-order valence-corrected chi connectivity index (χ0v) is 14.1. The third-order valence-electron chi connectivity index (χ3n) is 4.12. The molecular formula is C16H22ClN3O3. The summed E-state index contributed by atoms with van der Waals surface area (Å²) in [5, 5.41) is 8.63. The van der Waals surface area contributed by atoms with Crippen LogP contribution < -0.4 is 20.7 Å². The van der Waals surface area contributed by atoms with Gasteiger partial charge in [0.2, 0.25) is 11.8 Å². The maximum atomic E-state index is 11.6. The Morgan fingerprint density at radius 2 is 2.22 bits per heavy atom. The minimum atomic E-state index is -0.0423. The van der Waals surface area contributed by atoms with Gasteiger partial charge in [0.25, 0.3) is 0 Å². The van der Waals surface area contributed by atoms with Crippen molar-refractivity contribution in [3.8, 4) is 5.75 Å². The molecule has 0 bridgehead atoms. The fraction of sp³-hybridized carbons (Fsp3) is 0.500. The van der Waals surface area contributed by atoms with Crippen molar-refractivity contribution in [2.24, 2.45) is 0 Å². The molecule has 3 rings (SSSR count). The van der Waals surface area contributed by atoms with Crippen LogP contribution in [0.3, 0.4) is 0 Å². The molecule has 2 aliphatic heterocycles. The highest BCUT2D eigenvalue weighted by atomic mass is 35.5. The predicted molar refractivity (Wildman–Crippen MR) is 90.4 cm³/mol. The smallest absolute Gasteiger partial charge is 0.234 e. The molecule has 7 heteroatoms. The third-order valence-corrected chi connectivity index (χ3v) is 4.12. The van der Waals surface area contributed by atoms with E-state index in [2.05, 4.69) is 22.0 Å². The number of aryl methyl sites for hydroxylation is 1. The van der Waals surface area contributed by atoms with Crippen LogP contribution >= 0.6 is 12.4 Å². The number of halogens is 1. The van der Waals surface area contributed by atoms with Gasteiger partial charge < -0.3 is 20.7 Å². The average molecular weight is 340 g/mol. The summed E-state index contributed by atoms with van der Waals surface area (Å²) in [6.07, 6.45) is 1.95. The Morgan fingerprint density at radius 3 is 2.96 bits per heavy atom. The lowest BCUT2D eigenvalue weighted by atomic mass is 9.94. The van der Waals surface area contributed by atoms with Gasteiger partial charge in [-0.3, -0.25) is 9.59 Å². The van der Waals surface area contributed by atoms with E-state index in [1.165, 1.54) is 5.56 Å². The van der Waals surface area contributed by atoms with Gasteiger partial charge in [0.15, 0.2) is 0 Å². The van der Waals surface area contributed by atoms with Crippen LogP contribution in [-0.4, -0.2) is 38.1 Å². The zero-order chi connectivity index (χ0) is 15.7. The lowest BCUT2D eigenvalue weighted by Crippen LogP contribution is -2.38. The van der Waals surface area contributed by atoms with Crippen molar-refractivity contribution in [3.05, 3.63) is 22.8 Å². The molecule has 23 heavy (non-hydrogen) atoms. The van der Waals surface area contributed by atoms with Crippen molar-refractivity contribution < 1.29 is 14.3 Å². The number of likely N-dealkylation sites (N-methyl/N-ethyl adjacent to an activating group) is 1. The van der Waals surface area contributed by atoms with Crippen molar-refractivity contribution in [1.82, 2.24) is 10.6 Å². The van der Waals surface area contributed by atoms with Gasteiger partial charge in [0, 0.05) is 18.4 Å². The number of fused-ring (bicyclic) bond motifs is 3. The highest BCUT2D eigenvalue weighted by molar-refractivity contribution is 5.95. The SMILES string of the molecule is CNCC(=O)NCC1Cc2cc(C)c3c(c2O1)CCC(=O)N3.Cl. The van der Waals surface area contributed by atoms with E-state index in [1.54, 1.807) is 7.05 Å². The molecule has 0 aliphatic carbocycles. The monoisotopic (exact) mass is 339 g/mol. The molecule has 126 valence electrons. The molecule has 2 aliphatic rings. The maximum absolute atomic E-state index is 11.6. The van der Waals surface area contributed by atoms with Gasteiger partial charge in [-0.25, -0.2) is 0 Å². The average Bonchev–Trinajstić information content (AvgIpc) is 2.88. The van der Waals surface area contributed by atoms with Crippen LogP contribution in [0.25, 0.3) is 0 Å². The number of ether oxygens (including phenoxy) is 1. The Morgan fingerprint density at radius 1 is 1.43 bits per heavy atom. The molecule has 6 nitrogen and oxygen atoms in total. The number of carbonyl (C=O) groups is 2. The minimum Gasteiger partial charge on any atom is -0.488 e. The molecule has 0 radical (unpaired) electrons. The lowest BCUT2D eigenvalue weighted by molar-refractivity contribution is -0.120. The topological polar surface area (TPSA) is 79.5 Å². The molecule has 2 heterocycles. The zero-order valence-electron chi connectivity index (χ0n) is 13.3. The molecule has 0 spiro atoms. The number of hydrogen-bond donors (Lipinski definition) is 3. The number of anilines is 1. The van der Waals surface area contributed by atoms with Gasteiger partial charge in [-0.2, -0.15) is 0 Å². The van der Waals surface area contributed by atoms with Crippen LogP contribution in [0.4, 0.5) is 5.69 Å². The first-order valence-electron chi connectivity index (χ1n) is 7.61. The predicted octanol–water partition coefficient (Wildman–Crippen LogP) is 0.941. The van der Waals surface area contributed by atoms with Crippen LogP contribution in [0.2, 0.25) is 0 Å². The van der Waals surface area contributed by atoms with E-state index in [4.69, 9.17) is 4.74 Å². The van der Waals surface area contributed by atoms with E-state index in [1.807, 2.05) is 6.92 Å². The van der Waals surface area contributed by atoms with E-state index in [0.717, 1.165) is 29.0 Å². The fourth-order valence-corrected chi connectivity index (χ4v) is 3.11. The fourth-order valence-electron chi connectivity index (χ4n) is 3.11. The van der Waals surface area contributed by atoms with E-state index in [0.29, 0.717) is 25.9 Å². The molecule has 0 fully saturated rings. The van der Waals surface area contributed by atoms with E-state index >= 15 is 0 Å². The van der Waals surface area contributed by atoms with E-state index in [-0.39, 0.29) is 30.3 Å². The first-order chi connectivity index (χ1) is 10.6. The van der Waals surface area contributed by atoms with Crippen molar-refractivity contribution in [1.29, 1.82) is 0 Å². The Bertz CT molecular complexity index is 633. The van der Waals surface area contributed by atoms with Crippen LogP contribution in [0.5, 0.6) is 5.75 Å². The summed E-state index contributed by atoms with van der Waals surface area (Å²) in [7, 11) is 1.74. The van der Waals surface area contributed by atoms with Crippen LogP contribution in [-0.2, 0) is 22.4 Å². The van der Waals surface area contributed by atoms with Crippen molar-refractivity contribution in [3.63, 3.8) is 0 Å². The Kier molecular flexibility index (Phi) is 5.49. The molecule has 0 aromatic heterocycles. The summed E-state index contributed by atoms with van der Waals surface area (Å²) in [5.41, 5.74) is 4.24. The molecule has 1 aromatic carbocycles. The summed E-state index contributed by atoms with van der Waals surface area (Å²) >= 11 is 0. The number of amides is 2. The standard InChI is InChI=1S/C16H21N3O3.ClH/c1-9-5-10-6-11(7-18-14(21)8-17-2)22-16(10)12-3-4-13(20)19-15(9)12;/h5,11,17H,3-4,6-8H2,1-2H3,(H,18,21)(H,19,20);1H. The number of rotatable bonds is 4. The minimum absolute atomic E-state index is 0. The van der Waals surface area contributed by atoms with Crippen LogP contribution in [0, 0.1) is 6.92 Å². The van der Waals surface area contributed by atoms with Crippen molar-refractivity contribution >= 4 is 29.9 Å². The molecule has 0 saturated heterocycles. The molecular weight excluding hydrogens is 318 g/mol. The number of benzene rings is 1. The summed E-state index contributed by atoms with van der Waals surface area (Å²) in [6, 6.07) is 2.08. The van der Waals surface area contributed by atoms with E-state index < -0.39 is 0 Å². The van der Waals surface area contributed by atoms with Gasteiger partial charge in [0.05, 0.1) is 18.8 Å². The van der Waals surface area contributed by atoms with Crippen LogP contribution in [0.1, 0.15) is 23.1 Å². The quantitative estimate of drug-likeness (QED) is 0.763. The number of nitrogens with one attached hydrogen (secondary N) is 3. The van der Waals surface area contributed by atoms with Gasteiger partial charge in [-0.05, 0) is 31.5 Å². The second kappa shape index (κ2) is 7.19. The molecule has 1 atom stereocenters. The summed E-state index contributed by atoms with van der Waals surface area (Å²) in [4.78, 5) is 23.1. The molecule has 1 aromatic rings. The Balaban J connectivity index is 0.00000192. The Hall–Kier alpha value is -1.79. The van der Waals surface area contributed by atoms with Gasteiger partial charge in [-0.15, -0.1) is 12.4 Å². The third kappa shape index (κ3) is 3.59. The number of hydrogen-bond acceptors (Lipinski definition) is 4. The van der Waals surface area contributed by atoms with E-state index in [9.17, 15) is 9.59 Å². The first-order valence-corrected chi connectivity index (χ1v) is 7.61. The largest absolute Gasteiger partial charge is 0.488 e. The first kappa shape index (κ1) is 17.6. The molecule has 2 amide bonds. The van der Waals surface area contributed by atoms with Gasteiger partial charge in [0.1, 0.15) is 11.9 Å². The lowest BCUT2D eigenvalue weighted by Gasteiger charge is -2.22. The van der Waals surface area contributed by atoms with Crippen molar-refractivity contribution in [2.45, 2.75) is 32.3 Å². The highest BCUT2D eigenvalue weighted by Gasteiger charge is 2.30. The summed E-state index contributed by atoms with van der Waals surface area (Å²) in [5.74, 6) is 0.922. The second-order valence-corrected chi connectivity index (χ2v) is 5.86. The molecule has 1 unspecified atom stereocenters. The normalized spacial score (nSPS) is 18.2. The van der Waals surface area contributed by atoms with Gasteiger partial charge in [-0.1, -0.05) is 6.07 Å². The molecule has 3 N–H and O–H groups in total.